The molecule has 1 aromatic heterocycles. The van der Waals surface area contributed by atoms with Gasteiger partial charge in [0.1, 0.15) is 11.7 Å². The van der Waals surface area contributed by atoms with E-state index >= 15 is 0 Å². The average molecular weight is 378 g/mol. The summed E-state index contributed by atoms with van der Waals surface area (Å²) in [7, 11) is 0. The molecule has 5 nitrogen and oxygen atoms in total. The molecule has 3 rings (SSSR count). The summed E-state index contributed by atoms with van der Waals surface area (Å²) in [6.07, 6.45) is 10.4. The molecule has 26 heavy (non-hydrogen) atoms. The number of rotatable bonds is 7. The Bertz CT molecular complexity index is 683. The highest BCUT2D eigenvalue weighted by Crippen LogP contribution is 2.25. The normalized spacial score (nSPS) is 21.2. The van der Waals surface area contributed by atoms with E-state index in [1.165, 1.54) is 6.21 Å². The number of piperidine rings is 1. The van der Waals surface area contributed by atoms with Crippen LogP contribution in [-0.4, -0.2) is 54.0 Å². The molecule has 3 N–H and O–H groups in total. The van der Waals surface area contributed by atoms with Crippen molar-refractivity contribution in [2.24, 2.45) is 0 Å². The average Bonchev–Trinajstić information content (AvgIpc) is 2.65. The van der Waals surface area contributed by atoms with E-state index in [9.17, 15) is 4.39 Å². The van der Waals surface area contributed by atoms with Gasteiger partial charge >= 0.3 is 0 Å². The van der Waals surface area contributed by atoms with Gasteiger partial charge in [-0.2, -0.15) is 0 Å². The first-order valence-corrected chi connectivity index (χ1v) is 9.49. The van der Waals surface area contributed by atoms with Crippen LogP contribution in [0.4, 0.5) is 10.1 Å². The highest BCUT2D eigenvalue weighted by Gasteiger charge is 2.17. The molecule has 0 radical (unpaired) electrons. The fourth-order valence-electron chi connectivity index (χ4n) is 3.17. The molecule has 0 aromatic carbocycles. The van der Waals surface area contributed by atoms with Crippen molar-refractivity contribution in [1.82, 2.24) is 15.2 Å². The van der Waals surface area contributed by atoms with Crippen LogP contribution >= 0.6 is 11.6 Å². The van der Waals surface area contributed by atoms with Gasteiger partial charge in [0, 0.05) is 49.4 Å². The Balaban J connectivity index is 1.50. The number of aromatic nitrogens is 1. The summed E-state index contributed by atoms with van der Waals surface area (Å²) in [5, 5.41) is 14.1. The van der Waals surface area contributed by atoms with Crippen LogP contribution in [0.5, 0.6) is 0 Å². The third-order valence-corrected chi connectivity index (χ3v) is 4.95. The Kier molecular flexibility index (Phi) is 6.63. The summed E-state index contributed by atoms with van der Waals surface area (Å²) in [5.41, 5.74) is 3.10. The number of nitrogens with one attached hydrogen (secondary N) is 3. The molecule has 0 saturated carbocycles. The van der Waals surface area contributed by atoms with Gasteiger partial charge in [0.15, 0.2) is 0 Å². The van der Waals surface area contributed by atoms with Crippen LogP contribution in [-0.2, 0) is 0 Å². The fraction of sp³-hybridized carbons (Fsp3) is 0.474. The topological polar surface area (TPSA) is 64.0 Å². The zero-order valence-electron chi connectivity index (χ0n) is 14.7. The van der Waals surface area contributed by atoms with Gasteiger partial charge in [0.05, 0.1) is 11.4 Å². The molecule has 0 amide bonds. The molecule has 2 aliphatic heterocycles. The van der Waals surface area contributed by atoms with E-state index < -0.39 is 6.17 Å². The van der Waals surface area contributed by atoms with Crippen molar-refractivity contribution in [3.8, 4) is 0 Å². The second-order valence-electron chi connectivity index (χ2n) is 6.63. The molecule has 0 aliphatic carbocycles. The van der Waals surface area contributed by atoms with Crippen molar-refractivity contribution < 1.29 is 4.39 Å². The zero-order valence-corrected chi connectivity index (χ0v) is 15.5. The summed E-state index contributed by atoms with van der Waals surface area (Å²) in [4.78, 5) is 6.73. The largest absolute Gasteiger partial charge is 0.390 e. The number of halogens is 2. The predicted octanol–water partition coefficient (Wildman–Crippen LogP) is 3.49. The van der Waals surface area contributed by atoms with Gasteiger partial charge in [-0.15, -0.1) is 0 Å². The first kappa shape index (κ1) is 18.9. The molecule has 1 atom stereocenters. The van der Waals surface area contributed by atoms with Gasteiger partial charge < -0.3 is 20.9 Å². The quantitative estimate of drug-likeness (QED) is 0.294. The summed E-state index contributed by atoms with van der Waals surface area (Å²) in [5.74, 6) is 0. The number of fused-ring (bicyclic) bond motifs is 1. The Hall–Kier alpha value is -1.92. The van der Waals surface area contributed by atoms with Crippen LogP contribution in [0.1, 0.15) is 30.5 Å². The molecule has 0 spiro atoms. The number of allylic oxidation sites excluding steroid dienone is 1. The smallest absolute Gasteiger partial charge is 0.120 e. The molecule has 1 aromatic rings. The van der Waals surface area contributed by atoms with Crippen molar-refractivity contribution >= 4 is 35.2 Å². The third-order valence-electron chi connectivity index (χ3n) is 4.69. The van der Waals surface area contributed by atoms with Gasteiger partial charge in [-0.3, -0.25) is 4.98 Å². The molecule has 7 heteroatoms. The van der Waals surface area contributed by atoms with Crippen LogP contribution < -0.4 is 10.6 Å². The lowest BCUT2D eigenvalue weighted by molar-refractivity contribution is 0.150. The minimum atomic E-state index is -0.619. The van der Waals surface area contributed by atoms with Gasteiger partial charge in [0.2, 0.25) is 0 Å². The maximum atomic E-state index is 13.1. The molecule has 1 fully saturated rings. The molecule has 2 aliphatic rings. The number of pyridine rings is 1. The highest BCUT2D eigenvalue weighted by atomic mass is 35.5. The first-order chi connectivity index (χ1) is 12.7. The summed E-state index contributed by atoms with van der Waals surface area (Å²) >= 11 is 6.08. The Labute approximate surface area is 158 Å². The van der Waals surface area contributed by atoms with Gasteiger partial charge in [-0.25, -0.2) is 4.39 Å². The first-order valence-electron chi connectivity index (χ1n) is 9.05. The van der Waals surface area contributed by atoms with E-state index in [4.69, 9.17) is 17.0 Å². The van der Waals surface area contributed by atoms with Crippen molar-refractivity contribution in [2.75, 3.05) is 31.5 Å². The lowest BCUT2D eigenvalue weighted by atomic mass is 10.1. The maximum Gasteiger partial charge on any atom is 0.120 e. The molecule has 0 bridgehead atoms. The SMILES string of the molecule is N=C/C(=C\NCCCN1CCC(F)CC1)c1cnc2c(c1)NC(Cl)C=C2. The lowest BCUT2D eigenvalue weighted by Crippen LogP contribution is -2.35. The van der Waals surface area contributed by atoms with Crippen LogP contribution in [0.15, 0.2) is 24.5 Å². The molecule has 1 saturated heterocycles. The molecule has 1 unspecified atom stereocenters. The van der Waals surface area contributed by atoms with E-state index in [1.54, 1.807) is 6.20 Å². The third kappa shape index (κ3) is 5.05. The van der Waals surface area contributed by atoms with E-state index in [-0.39, 0.29) is 5.50 Å². The number of nitrogens with zero attached hydrogens (tertiary/aromatic N) is 2. The van der Waals surface area contributed by atoms with Crippen LogP contribution in [0.3, 0.4) is 0 Å². The van der Waals surface area contributed by atoms with E-state index in [1.807, 2.05) is 24.4 Å². The summed E-state index contributed by atoms with van der Waals surface area (Å²) < 4.78 is 13.1. The molecular formula is C19H25ClFN5. The number of hydrogen-bond acceptors (Lipinski definition) is 5. The zero-order chi connectivity index (χ0) is 18.4. The second-order valence-corrected chi connectivity index (χ2v) is 7.10. The molecule has 140 valence electrons. The molecule has 3 heterocycles. The second kappa shape index (κ2) is 9.14. The van der Waals surface area contributed by atoms with Crippen LogP contribution in [0.2, 0.25) is 0 Å². The monoisotopic (exact) mass is 377 g/mol. The minimum absolute atomic E-state index is 0.243. The Morgan fingerprint density at radius 3 is 3.04 bits per heavy atom. The van der Waals surface area contributed by atoms with Crippen LogP contribution in [0, 0.1) is 5.41 Å². The van der Waals surface area contributed by atoms with Crippen molar-refractivity contribution in [3.05, 3.63) is 35.8 Å². The standard InChI is InChI=1S/C19H25ClFN5/c20-19-3-2-17-18(25-19)10-14(13-24-17)15(11-22)12-23-6-1-7-26-8-4-16(21)5-9-26/h2-3,10-13,16,19,22-23,25H,1,4-9H2/b15-12+,22-11?. The number of likely N-dealkylation sites (tertiary alicyclic amines) is 1. The number of alkyl halides is 2. The van der Waals surface area contributed by atoms with Crippen molar-refractivity contribution in [1.29, 1.82) is 5.41 Å². The number of anilines is 1. The summed E-state index contributed by atoms with van der Waals surface area (Å²) in [6.45, 7) is 3.50. The lowest BCUT2D eigenvalue weighted by Gasteiger charge is -2.28. The van der Waals surface area contributed by atoms with E-state index in [0.717, 1.165) is 55.1 Å². The van der Waals surface area contributed by atoms with Gasteiger partial charge in [-0.05, 0) is 44.0 Å². The Morgan fingerprint density at radius 2 is 2.27 bits per heavy atom. The fourth-order valence-corrected chi connectivity index (χ4v) is 3.36. The highest BCUT2D eigenvalue weighted by molar-refractivity contribution is 6.23. The number of hydrogen-bond donors (Lipinski definition) is 3. The van der Waals surface area contributed by atoms with Crippen molar-refractivity contribution in [2.45, 2.75) is 30.9 Å². The van der Waals surface area contributed by atoms with E-state index in [0.29, 0.717) is 12.8 Å². The molecular weight excluding hydrogens is 353 g/mol. The summed E-state index contributed by atoms with van der Waals surface area (Å²) in [6, 6.07) is 1.96. The minimum Gasteiger partial charge on any atom is -0.390 e. The van der Waals surface area contributed by atoms with Crippen LogP contribution in [0.25, 0.3) is 11.6 Å². The van der Waals surface area contributed by atoms with E-state index in [2.05, 4.69) is 20.5 Å². The van der Waals surface area contributed by atoms with Gasteiger partial charge in [-0.1, -0.05) is 11.6 Å². The Morgan fingerprint density at radius 1 is 1.46 bits per heavy atom. The predicted molar refractivity (Wildman–Crippen MR) is 106 cm³/mol. The van der Waals surface area contributed by atoms with Crippen molar-refractivity contribution in [3.63, 3.8) is 0 Å². The van der Waals surface area contributed by atoms with Gasteiger partial charge in [0.25, 0.3) is 0 Å². The maximum absolute atomic E-state index is 13.1.